The van der Waals surface area contributed by atoms with E-state index in [4.69, 9.17) is 10.00 Å². The maximum absolute atomic E-state index is 13.0. The Morgan fingerprint density at radius 2 is 2.17 bits per heavy atom. The Morgan fingerprint density at radius 3 is 2.67 bits per heavy atom. The van der Waals surface area contributed by atoms with Crippen LogP contribution in [-0.2, 0) is 4.74 Å². The van der Waals surface area contributed by atoms with Gasteiger partial charge in [0.05, 0.1) is 6.07 Å². The smallest absolute Gasteiger partial charge is 0.171 e. The van der Waals surface area contributed by atoms with Crippen LogP contribution in [-0.4, -0.2) is 7.11 Å². The normalized spacial score (nSPS) is 12.1. The average Bonchev–Trinajstić information content (AvgIpc) is 2.10. The van der Waals surface area contributed by atoms with Crippen molar-refractivity contribution in [2.24, 2.45) is 0 Å². The van der Waals surface area contributed by atoms with Crippen LogP contribution in [0.4, 0.5) is 4.39 Å². The van der Waals surface area contributed by atoms with Crippen molar-refractivity contribution in [2.75, 3.05) is 7.11 Å². The molecule has 0 radical (unpaired) electrons. The van der Waals surface area contributed by atoms with Gasteiger partial charge in [0, 0.05) is 12.7 Å². The van der Waals surface area contributed by atoms with Gasteiger partial charge in [0.25, 0.3) is 0 Å². The van der Waals surface area contributed by atoms with Crippen LogP contribution < -0.4 is 0 Å². The molecule has 0 saturated carbocycles. The highest BCUT2D eigenvalue weighted by atomic mass is 19.1. The zero-order chi connectivity index (χ0) is 8.97. The van der Waals surface area contributed by atoms with E-state index in [1.165, 1.54) is 19.2 Å². The van der Waals surface area contributed by atoms with Crippen molar-refractivity contribution >= 4 is 0 Å². The summed E-state index contributed by atoms with van der Waals surface area (Å²) in [6.07, 6.45) is -0.814. The van der Waals surface area contributed by atoms with Crippen molar-refractivity contribution in [1.29, 1.82) is 5.26 Å². The molecule has 0 heterocycles. The lowest BCUT2D eigenvalue weighted by atomic mass is 10.1. The van der Waals surface area contributed by atoms with Crippen molar-refractivity contribution in [3.05, 3.63) is 35.6 Å². The second kappa shape index (κ2) is 3.84. The fourth-order valence-corrected chi connectivity index (χ4v) is 0.937. The number of hydrogen-bond acceptors (Lipinski definition) is 2. The van der Waals surface area contributed by atoms with Gasteiger partial charge in [-0.05, 0) is 6.07 Å². The van der Waals surface area contributed by atoms with E-state index in [9.17, 15) is 4.39 Å². The van der Waals surface area contributed by atoms with Gasteiger partial charge in [-0.15, -0.1) is 0 Å². The number of nitriles is 1. The molecule has 0 saturated heterocycles. The van der Waals surface area contributed by atoms with Gasteiger partial charge in [-0.1, -0.05) is 18.2 Å². The summed E-state index contributed by atoms with van der Waals surface area (Å²) in [5.41, 5.74) is 0.280. The number of methoxy groups -OCH3 is 1. The topological polar surface area (TPSA) is 33.0 Å². The number of halogens is 1. The molecule has 0 aliphatic rings. The molecule has 0 aliphatic carbocycles. The highest BCUT2D eigenvalue weighted by Gasteiger charge is 2.12. The summed E-state index contributed by atoms with van der Waals surface area (Å²) in [5.74, 6) is -0.411. The van der Waals surface area contributed by atoms with Gasteiger partial charge in [0.1, 0.15) is 5.82 Å². The largest absolute Gasteiger partial charge is 0.362 e. The third kappa shape index (κ3) is 1.60. The maximum atomic E-state index is 13.0. The second-order valence-corrected chi connectivity index (χ2v) is 2.27. The van der Waals surface area contributed by atoms with Gasteiger partial charge in [0.2, 0.25) is 0 Å². The Morgan fingerprint density at radius 1 is 1.50 bits per heavy atom. The van der Waals surface area contributed by atoms with Crippen LogP contribution in [0, 0.1) is 17.1 Å². The summed E-state index contributed by atoms with van der Waals surface area (Å²) < 4.78 is 17.7. The lowest BCUT2D eigenvalue weighted by molar-refractivity contribution is 0.145. The Kier molecular flexibility index (Phi) is 2.78. The number of ether oxygens (including phenoxy) is 1. The molecule has 1 atom stereocenters. The molecule has 62 valence electrons. The second-order valence-electron chi connectivity index (χ2n) is 2.27. The predicted octanol–water partition coefficient (Wildman–Crippen LogP) is 2.04. The molecule has 0 N–H and O–H groups in total. The fourth-order valence-electron chi connectivity index (χ4n) is 0.937. The van der Waals surface area contributed by atoms with Crippen molar-refractivity contribution in [3.8, 4) is 6.07 Å². The Balaban J connectivity index is 3.02. The monoisotopic (exact) mass is 165 g/mol. The number of rotatable bonds is 2. The molecule has 0 aliphatic heterocycles. The predicted molar refractivity (Wildman–Crippen MR) is 41.8 cm³/mol. The fraction of sp³-hybridized carbons (Fsp3) is 0.222. The molecule has 0 spiro atoms. The minimum Gasteiger partial charge on any atom is -0.362 e. The van der Waals surface area contributed by atoms with Crippen LogP contribution in [0.25, 0.3) is 0 Å². The van der Waals surface area contributed by atoms with Gasteiger partial charge in [-0.25, -0.2) is 4.39 Å². The zero-order valence-electron chi connectivity index (χ0n) is 6.62. The zero-order valence-corrected chi connectivity index (χ0v) is 6.62. The first-order valence-corrected chi connectivity index (χ1v) is 3.46. The van der Waals surface area contributed by atoms with E-state index in [0.717, 1.165) is 0 Å². The van der Waals surface area contributed by atoms with Gasteiger partial charge in [-0.2, -0.15) is 5.26 Å². The van der Waals surface area contributed by atoms with Crippen molar-refractivity contribution in [3.63, 3.8) is 0 Å². The summed E-state index contributed by atoms with van der Waals surface area (Å²) >= 11 is 0. The Hall–Kier alpha value is -1.40. The molecule has 1 unspecified atom stereocenters. The van der Waals surface area contributed by atoms with Crippen LogP contribution >= 0.6 is 0 Å². The van der Waals surface area contributed by atoms with E-state index >= 15 is 0 Å². The van der Waals surface area contributed by atoms with Gasteiger partial charge in [0.15, 0.2) is 6.10 Å². The molecular formula is C9H8FNO. The molecule has 1 rings (SSSR count). The summed E-state index contributed by atoms with van der Waals surface area (Å²) in [6, 6.07) is 7.93. The molecule has 3 heteroatoms. The standard InChI is InChI=1S/C9H8FNO/c1-12-9(6-11)7-4-2-3-5-8(7)10/h2-5,9H,1H3. The van der Waals surface area contributed by atoms with Gasteiger partial charge in [-0.3, -0.25) is 0 Å². The lowest BCUT2D eigenvalue weighted by Gasteiger charge is -2.06. The lowest BCUT2D eigenvalue weighted by Crippen LogP contribution is -2.00. The van der Waals surface area contributed by atoms with Crippen molar-refractivity contribution in [1.82, 2.24) is 0 Å². The number of benzene rings is 1. The Labute approximate surface area is 70.2 Å². The summed E-state index contributed by atoms with van der Waals surface area (Å²) in [4.78, 5) is 0. The van der Waals surface area contributed by atoms with E-state index in [0.29, 0.717) is 0 Å². The molecule has 0 fully saturated rings. The van der Waals surface area contributed by atoms with Crippen LogP contribution in [0.1, 0.15) is 11.7 Å². The summed E-state index contributed by atoms with van der Waals surface area (Å²) in [7, 11) is 1.38. The third-order valence-electron chi connectivity index (χ3n) is 1.54. The minimum atomic E-state index is -0.814. The molecule has 0 amide bonds. The quantitative estimate of drug-likeness (QED) is 0.671. The number of hydrogen-bond donors (Lipinski definition) is 0. The van der Waals surface area contributed by atoms with E-state index < -0.39 is 11.9 Å². The average molecular weight is 165 g/mol. The van der Waals surface area contributed by atoms with E-state index in [2.05, 4.69) is 0 Å². The summed E-state index contributed by atoms with van der Waals surface area (Å²) in [5, 5.41) is 8.56. The highest BCUT2D eigenvalue weighted by Crippen LogP contribution is 2.18. The molecule has 12 heavy (non-hydrogen) atoms. The molecule has 0 aromatic heterocycles. The van der Waals surface area contributed by atoms with E-state index in [1.54, 1.807) is 12.1 Å². The SMILES string of the molecule is COC(C#N)c1ccccc1F. The molecule has 1 aromatic rings. The van der Waals surface area contributed by atoms with E-state index in [1.807, 2.05) is 6.07 Å². The highest BCUT2D eigenvalue weighted by molar-refractivity contribution is 5.23. The van der Waals surface area contributed by atoms with Crippen LogP contribution in [0.3, 0.4) is 0 Å². The Bertz CT molecular complexity index is 306. The first kappa shape index (κ1) is 8.69. The molecular weight excluding hydrogens is 157 g/mol. The minimum absolute atomic E-state index is 0.280. The first-order valence-electron chi connectivity index (χ1n) is 3.46. The maximum Gasteiger partial charge on any atom is 0.171 e. The summed E-state index contributed by atoms with van der Waals surface area (Å²) in [6.45, 7) is 0. The molecule has 1 aromatic carbocycles. The van der Waals surface area contributed by atoms with Gasteiger partial charge < -0.3 is 4.74 Å². The van der Waals surface area contributed by atoms with E-state index in [-0.39, 0.29) is 5.56 Å². The van der Waals surface area contributed by atoms with Crippen molar-refractivity contribution in [2.45, 2.75) is 6.10 Å². The molecule has 0 bridgehead atoms. The number of nitrogens with zero attached hydrogens (tertiary/aromatic N) is 1. The third-order valence-corrected chi connectivity index (χ3v) is 1.54. The van der Waals surface area contributed by atoms with Crippen LogP contribution in [0.15, 0.2) is 24.3 Å². The molecule has 2 nitrogen and oxygen atoms in total. The first-order chi connectivity index (χ1) is 5.79. The van der Waals surface area contributed by atoms with Crippen LogP contribution in [0.5, 0.6) is 0 Å². The van der Waals surface area contributed by atoms with Crippen LogP contribution in [0.2, 0.25) is 0 Å². The van der Waals surface area contributed by atoms with Crippen molar-refractivity contribution < 1.29 is 9.13 Å². The van der Waals surface area contributed by atoms with Gasteiger partial charge >= 0.3 is 0 Å².